The van der Waals surface area contributed by atoms with Crippen LogP contribution < -0.4 is 18.8 Å². The first-order valence-corrected chi connectivity index (χ1v) is 8.14. The molecule has 0 saturated heterocycles. The van der Waals surface area contributed by atoms with Crippen LogP contribution in [0.5, 0.6) is 11.5 Å². The second kappa shape index (κ2) is 6.51. The van der Waals surface area contributed by atoms with E-state index in [2.05, 4.69) is 23.4 Å². The minimum absolute atomic E-state index is 0.624. The highest BCUT2D eigenvalue weighted by Gasteiger charge is 2.34. The van der Waals surface area contributed by atoms with Crippen LogP contribution >= 0.6 is 8.45 Å². The Morgan fingerprint density at radius 3 is 1.65 bits per heavy atom. The standard InChI is InChI=1S/C14H23N2O3P/c1-6-17-13-9-11-12(10-14(13)18-7-2)16(5)20(15(11)4)19-8-3/h9-10H,6-8H2,1-5H3. The van der Waals surface area contributed by atoms with E-state index in [-0.39, 0.29) is 0 Å². The molecule has 0 radical (unpaired) electrons. The van der Waals surface area contributed by atoms with Crippen LogP contribution in [-0.4, -0.2) is 33.9 Å². The van der Waals surface area contributed by atoms with Gasteiger partial charge >= 0.3 is 0 Å². The van der Waals surface area contributed by atoms with E-state index in [1.54, 1.807) is 0 Å². The first-order valence-electron chi connectivity index (χ1n) is 6.97. The van der Waals surface area contributed by atoms with Crippen molar-refractivity contribution < 1.29 is 14.0 Å². The normalized spacial score (nSPS) is 14.7. The molecule has 1 aliphatic heterocycles. The zero-order valence-corrected chi connectivity index (χ0v) is 13.7. The Balaban J connectivity index is 2.40. The SMILES string of the molecule is CCOc1cc2c(cc1OCC)N(C)P(OCC)N2C. The first-order chi connectivity index (χ1) is 9.63. The molecule has 20 heavy (non-hydrogen) atoms. The number of benzene rings is 1. The quantitative estimate of drug-likeness (QED) is 0.749. The maximum absolute atomic E-state index is 5.84. The molecule has 0 atom stereocenters. The molecular weight excluding hydrogens is 275 g/mol. The van der Waals surface area contributed by atoms with Gasteiger partial charge in [-0.1, -0.05) is 0 Å². The molecule has 1 heterocycles. The van der Waals surface area contributed by atoms with Crippen LogP contribution in [0.3, 0.4) is 0 Å². The van der Waals surface area contributed by atoms with Crippen LogP contribution in [0, 0.1) is 0 Å². The van der Waals surface area contributed by atoms with E-state index in [4.69, 9.17) is 14.0 Å². The minimum Gasteiger partial charge on any atom is -0.490 e. The number of hydrogen-bond acceptors (Lipinski definition) is 5. The zero-order valence-electron chi connectivity index (χ0n) is 12.8. The van der Waals surface area contributed by atoms with E-state index in [0.717, 1.165) is 22.9 Å². The average molecular weight is 298 g/mol. The Kier molecular flexibility index (Phi) is 4.95. The molecule has 0 spiro atoms. The number of fused-ring (bicyclic) bond motifs is 1. The summed E-state index contributed by atoms with van der Waals surface area (Å²) in [7, 11) is 3.33. The monoisotopic (exact) mass is 298 g/mol. The molecule has 0 aromatic heterocycles. The number of hydrogen-bond donors (Lipinski definition) is 0. The lowest BCUT2D eigenvalue weighted by atomic mass is 10.2. The van der Waals surface area contributed by atoms with Crippen molar-refractivity contribution in [1.82, 2.24) is 0 Å². The van der Waals surface area contributed by atoms with Gasteiger partial charge in [0, 0.05) is 26.2 Å². The topological polar surface area (TPSA) is 34.2 Å². The molecule has 0 saturated carbocycles. The van der Waals surface area contributed by atoms with Crippen LogP contribution in [0.25, 0.3) is 0 Å². The van der Waals surface area contributed by atoms with Crippen LogP contribution in [0.2, 0.25) is 0 Å². The van der Waals surface area contributed by atoms with Crippen molar-refractivity contribution in [2.75, 3.05) is 43.3 Å². The Morgan fingerprint density at radius 1 is 0.850 bits per heavy atom. The maximum atomic E-state index is 5.84. The van der Waals surface area contributed by atoms with E-state index < -0.39 is 8.45 Å². The van der Waals surface area contributed by atoms with E-state index in [9.17, 15) is 0 Å². The molecular formula is C14H23N2O3P. The third kappa shape index (κ3) is 2.65. The predicted octanol–water partition coefficient (Wildman–Crippen LogP) is 3.63. The van der Waals surface area contributed by atoms with Gasteiger partial charge in [-0.25, -0.2) is 0 Å². The van der Waals surface area contributed by atoms with Crippen LogP contribution in [0.15, 0.2) is 12.1 Å². The third-order valence-electron chi connectivity index (χ3n) is 3.10. The Morgan fingerprint density at radius 2 is 1.30 bits per heavy atom. The van der Waals surface area contributed by atoms with Gasteiger partial charge in [-0.2, -0.15) is 0 Å². The molecule has 1 aliphatic rings. The molecule has 2 rings (SSSR count). The van der Waals surface area contributed by atoms with Crippen molar-refractivity contribution in [1.29, 1.82) is 0 Å². The van der Waals surface area contributed by atoms with E-state index in [0.29, 0.717) is 19.8 Å². The fourth-order valence-corrected chi connectivity index (χ4v) is 3.94. The van der Waals surface area contributed by atoms with Crippen molar-refractivity contribution in [3.05, 3.63) is 12.1 Å². The van der Waals surface area contributed by atoms with Crippen LogP contribution in [0.4, 0.5) is 11.4 Å². The summed E-state index contributed by atoms with van der Waals surface area (Å²) in [5.74, 6) is 1.59. The Labute approximate surface area is 122 Å². The lowest BCUT2D eigenvalue weighted by molar-refractivity contribution is 0.288. The molecule has 0 unspecified atom stereocenters. The molecule has 0 N–H and O–H groups in total. The molecule has 0 bridgehead atoms. The highest BCUT2D eigenvalue weighted by Crippen LogP contribution is 2.60. The second-order valence-corrected chi connectivity index (χ2v) is 6.34. The summed E-state index contributed by atoms with van der Waals surface area (Å²) in [6, 6.07) is 4.09. The molecule has 1 aromatic carbocycles. The highest BCUT2D eigenvalue weighted by atomic mass is 31.2. The summed E-state index contributed by atoms with van der Waals surface area (Å²) >= 11 is 0. The number of nitrogens with zero attached hydrogens (tertiary/aromatic N) is 2. The average Bonchev–Trinajstić information content (AvgIpc) is 2.65. The summed E-state index contributed by atoms with van der Waals surface area (Å²) in [6.07, 6.45) is 0. The van der Waals surface area contributed by atoms with Crippen molar-refractivity contribution in [3.63, 3.8) is 0 Å². The zero-order chi connectivity index (χ0) is 14.7. The fraction of sp³-hybridized carbons (Fsp3) is 0.571. The molecule has 0 amide bonds. The maximum Gasteiger partial charge on any atom is 0.248 e. The number of rotatable bonds is 6. The lowest BCUT2D eigenvalue weighted by Crippen LogP contribution is -2.15. The van der Waals surface area contributed by atoms with Crippen LogP contribution in [0.1, 0.15) is 20.8 Å². The van der Waals surface area contributed by atoms with Gasteiger partial charge in [0.25, 0.3) is 0 Å². The Hall–Kier alpha value is -1.19. The predicted molar refractivity (Wildman–Crippen MR) is 84.1 cm³/mol. The largest absolute Gasteiger partial charge is 0.490 e. The van der Waals surface area contributed by atoms with E-state index in [1.807, 2.05) is 32.9 Å². The van der Waals surface area contributed by atoms with E-state index >= 15 is 0 Å². The van der Waals surface area contributed by atoms with Gasteiger partial charge in [0.2, 0.25) is 8.45 Å². The number of anilines is 2. The van der Waals surface area contributed by atoms with Crippen molar-refractivity contribution >= 4 is 19.8 Å². The molecule has 112 valence electrons. The van der Waals surface area contributed by atoms with Gasteiger partial charge in [-0.15, -0.1) is 0 Å². The summed E-state index contributed by atoms with van der Waals surface area (Å²) < 4.78 is 21.6. The van der Waals surface area contributed by atoms with Gasteiger partial charge in [-0.05, 0) is 20.8 Å². The van der Waals surface area contributed by atoms with Crippen molar-refractivity contribution in [3.8, 4) is 11.5 Å². The molecule has 5 nitrogen and oxygen atoms in total. The third-order valence-corrected chi connectivity index (χ3v) is 5.04. The smallest absolute Gasteiger partial charge is 0.248 e. The minimum atomic E-state index is -0.782. The van der Waals surface area contributed by atoms with Gasteiger partial charge in [0.15, 0.2) is 11.5 Å². The lowest BCUT2D eigenvalue weighted by Gasteiger charge is -2.24. The van der Waals surface area contributed by atoms with Crippen LogP contribution in [-0.2, 0) is 4.52 Å². The van der Waals surface area contributed by atoms with Crippen molar-refractivity contribution in [2.24, 2.45) is 0 Å². The first kappa shape index (κ1) is 15.2. The summed E-state index contributed by atoms with van der Waals surface area (Å²) in [5.41, 5.74) is 2.25. The number of ether oxygens (including phenoxy) is 2. The van der Waals surface area contributed by atoms with E-state index in [1.165, 1.54) is 0 Å². The van der Waals surface area contributed by atoms with Gasteiger partial charge in [-0.3, -0.25) is 0 Å². The summed E-state index contributed by atoms with van der Waals surface area (Å²) in [4.78, 5) is 0. The van der Waals surface area contributed by atoms with Gasteiger partial charge in [0.1, 0.15) is 0 Å². The Bertz CT molecular complexity index is 431. The summed E-state index contributed by atoms with van der Waals surface area (Å²) in [6.45, 7) is 7.92. The van der Waals surface area contributed by atoms with Gasteiger partial charge in [0.05, 0.1) is 31.2 Å². The fourth-order valence-electron chi connectivity index (χ4n) is 2.27. The summed E-state index contributed by atoms with van der Waals surface area (Å²) in [5, 5.41) is 0. The molecule has 0 aliphatic carbocycles. The molecule has 0 fully saturated rings. The van der Waals surface area contributed by atoms with Crippen molar-refractivity contribution in [2.45, 2.75) is 20.8 Å². The molecule has 6 heteroatoms. The second-order valence-electron chi connectivity index (χ2n) is 4.37. The van der Waals surface area contributed by atoms with Gasteiger partial charge < -0.3 is 23.3 Å². The highest BCUT2D eigenvalue weighted by molar-refractivity contribution is 7.56. The molecule has 1 aromatic rings.